The number of carbonyl (C=O) groups excluding carboxylic acids is 2. The van der Waals surface area contributed by atoms with Crippen molar-refractivity contribution < 1.29 is 36.3 Å². The van der Waals surface area contributed by atoms with Crippen molar-refractivity contribution in [2.75, 3.05) is 5.32 Å². The third kappa shape index (κ3) is 7.74. The third-order valence-corrected chi connectivity index (χ3v) is 5.67. The Balaban J connectivity index is 0.00000237. The molecule has 0 aliphatic heterocycles. The number of nitrogens with one attached hydrogen (secondary N) is 2. The first-order valence-electron chi connectivity index (χ1n) is 12.9. The van der Waals surface area contributed by atoms with Gasteiger partial charge < -0.3 is 15.4 Å². The summed E-state index contributed by atoms with van der Waals surface area (Å²) in [5.41, 5.74) is -1.47. The number of pyridine rings is 1. The highest BCUT2D eigenvalue weighted by Crippen LogP contribution is 2.35. The summed E-state index contributed by atoms with van der Waals surface area (Å²) in [5, 5.41) is 5.41. The first-order valence-corrected chi connectivity index (χ1v) is 12.9. The highest BCUT2D eigenvalue weighted by atomic mass is 19.4. The van der Waals surface area contributed by atoms with Gasteiger partial charge in [0.05, 0.1) is 22.2 Å². The van der Waals surface area contributed by atoms with E-state index in [4.69, 9.17) is 4.74 Å². The average molecular weight is 590 g/mol. The fourth-order valence-corrected chi connectivity index (χ4v) is 3.65. The molecule has 2 aromatic carbocycles. The monoisotopic (exact) mass is 589 g/mol. The lowest BCUT2D eigenvalue weighted by Crippen LogP contribution is -2.27. The van der Waals surface area contributed by atoms with Crippen LogP contribution in [-0.2, 0) is 17.5 Å². The SMILES string of the molecule is CC.CC(C)C(=O)NCc1cnc(C(F)F)c(C(=O)Nc2cccc3c(Oc4cccc(C(F)(F)F)c4)ncnc23)c1. The molecule has 0 spiro atoms. The molecule has 0 atom stereocenters. The van der Waals surface area contributed by atoms with Crippen LogP contribution in [0.15, 0.2) is 61.1 Å². The van der Waals surface area contributed by atoms with Crippen molar-refractivity contribution in [3.8, 4) is 11.6 Å². The van der Waals surface area contributed by atoms with E-state index in [9.17, 15) is 31.5 Å². The first-order chi connectivity index (χ1) is 19.9. The molecule has 0 unspecified atom stereocenters. The zero-order valence-corrected chi connectivity index (χ0v) is 23.1. The minimum absolute atomic E-state index is 0.0223. The molecule has 0 fully saturated rings. The molecule has 2 amide bonds. The molecule has 2 aromatic heterocycles. The van der Waals surface area contributed by atoms with Gasteiger partial charge in [-0.1, -0.05) is 39.8 Å². The number of benzene rings is 2. The highest BCUT2D eigenvalue weighted by Gasteiger charge is 2.30. The first kappa shape index (κ1) is 31.8. The van der Waals surface area contributed by atoms with E-state index in [2.05, 4.69) is 25.6 Å². The molecule has 0 saturated heterocycles. The van der Waals surface area contributed by atoms with Crippen LogP contribution in [0.25, 0.3) is 10.9 Å². The zero-order valence-electron chi connectivity index (χ0n) is 23.1. The van der Waals surface area contributed by atoms with Crippen LogP contribution >= 0.6 is 0 Å². The molecule has 4 rings (SSSR count). The molecule has 42 heavy (non-hydrogen) atoms. The van der Waals surface area contributed by atoms with Crippen molar-refractivity contribution >= 4 is 28.4 Å². The molecule has 0 saturated carbocycles. The molecule has 2 N–H and O–H groups in total. The number of hydrogen-bond acceptors (Lipinski definition) is 6. The zero-order chi connectivity index (χ0) is 31.0. The molecule has 4 aromatic rings. The van der Waals surface area contributed by atoms with Crippen molar-refractivity contribution in [3.05, 3.63) is 83.4 Å². The second-order valence-electron chi connectivity index (χ2n) is 8.91. The summed E-state index contributed by atoms with van der Waals surface area (Å²) in [4.78, 5) is 36.9. The molecule has 2 heterocycles. The molecule has 0 bridgehead atoms. The van der Waals surface area contributed by atoms with Gasteiger partial charge in [-0.15, -0.1) is 0 Å². The summed E-state index contributed by atoms with van der Waals surface area (Å²) in [7, 11) is 0. The largest absolute Gasteiger partial charge is 0.438 e. The number of anilines is 1. The Kier molecular flexibility index (Phi) is 10.5. The van der Waals surface area contributed by atoms with Crippen LogP contribution in [-0.4, -0.2) is 26.8 Å². The van der Waals surface area contributed by atoms with E-state index in [1.165, 1.54) is 36.4 Å². The van der Waals surface area contributed by atoms with Gasteiger partial charge >= 0.3 is 6.18 Å². The fraction of sp³-hybridized carbons (Fsp3) is 0.276. The van der Waals surface area contributed by atoms with Gasteiger partial charge in [-0.2, -0.15) is 13.2 Å². The lowest BCUT2D eigenvalue weighted by Gasteiger charge is -2.14. The van der Waals surface area contributed by atoms with Gasteiger partial charge in [0.15, 0.2) is 0 Å². The second-order valence-corrected chi connectivity index (χ2v) is 8.91. The molecular formula is C29H28F5N5O3. The number of aromatic nitrogens is 3. The van der Waals surface area contributed by atoms with Gasteiger partial charge in [0.2, 0.25) is 11.8 Å². The Bertz CT molecular complexity index is 1560. The highest BCUT2D eigenvalue weighted by molar-refractivity contribution is 6.09. The maximum Gasteiger partial charge on any atom is 0.416 e. The molecule has 8 nitrogen and oxygen atoms in total. The lowest BCUT2D eigenvalue weighted by atomic mass is 10.1. The summed E-state index contributed by atoms with van der Waals surface area (Å²) >= 11 is 0. The molecule has 0 radical (unpaired) electrons. The number of rotatable bonds is 8. The smallest absolute Gasteiger partial charge is 0.416 e. The van der Waals surface area contributed by atoms with Gasteiger partial charge in [-0.05, 0) is 42.0 Å². The molecular weight excluding hydrogens is 561 g/mol. The topological polar surface area (TPSA) is 106 Å². The molecule has 13 heteroatoms. The van der Waals surface area contributed by atoms with Gasteiger partial charge in [0.25, 0.3) is 12.3 Å². The fourth-order valence-electron chi connectivity index (χ4n) is 3.65. The number of alkyl halides is 5. The second kappa shape index (κ2) is 13.8. The molecule has 0 aliphatic rings. The van der Waals surface area contributed by atoms with Crippen LogP contribution in [0.5, 0.6) is 11.6 Å². The van der Waals surface area contributed by atoms with Crippen LogP contribution in [0.3, 0.4) is 0 Å². The van der Waals surface area contributed by atoms with Gasteiger partial charge in [-0.25, -0.2) is 18.7 Å². The Morgan fingerprint density at radius 1 is 0.976 bits per heavy atom. The average Bonchev–Trinajstić information content (AvgIpc) is 2.96. The number of halogens is 5. The van der Waals surface area contributed by atoms with E-state index in [1.807, 2.05) is 13.8 Å². The number of fused-ring (bicyclic) bond motifs is 1. The number of carbonyl (C=O) groups is 2. The number of nitrogens with zero attached hydrogens (tertiary/aromatic N) is 3. The quantitative estimate of drug-likeness (QED) is 0.209. The Hall–Kier alpha value is -4.68. The molecule has 0 aliphatic carbocycles. The van der Waals surface area contributed by atoms with E-state index >= 15 is 0 Å². The lowest BCUT2D eigenvalue weighted by molar-refractivity contribution is -0.137. The van der Waals surface area contributed by atoms with Crippen LogP contribution < -0.4 is 15.4 Å². The standard InChI is InChI=1S/C27H22F5N5O3.C2H6/c1-14(2)24(38)34-12-15-9-19(22(23(28)29)33-11-15)25(39)37-20-8-4-7-18-21(20)35-13-36-26(18)40-17-6-3-5-16(10-17)27(30,31)32;1-2/h3-11,13-14,23H,12H2,1-2H3,(H,34,38)(H,37,39);1-2H3. The van der Waals surface area contributed by atoms with Crippen molar-refractivity contribution in [1.82, 2.24) is 20.3 Å². The normalized spacial score (nSPS) is 11.2. The maximum atomic E-state index is 13.7. The predicted molar refractivity (Wildman–Crippen MR) is 146 cm³/mol. The summed E-state index contributed by atoms with van der Waals surface area (Å²) < 4.78 is 72.2. The number of hydrogen-bond donors (Lipinski definition) is 2. The maximum absolute atomic E-state index is 13.7. The van der Waals surface area contributed by atoms with E-state index in [0.717, 1.165) is 24.7 Å². The molecule has 222 valence electrons. The van der Waals surface area contributed by atoms with E-state index in [0.29, 0.717) is 5.56 Å². The Morgan fingerprint density at radius 3 is 2.36 bits per heavy atom. The summed E-state index contributed by atoms with van der Waals surface area (Å²) in [5.74, 6) is -1.68. The predicted octanol–water partition coefficient (Wildman–Crippen LogP) is 7.32. The number of amides is 2. The van der Waals surface area contributed by atoms with Crippen molar-refractivity contribution in [2.45, 2.75) is 46.8 Å². The minimum Gasteiger partial charge on any atom is -0.438 e. The van der Waals surface area contributed by atoms with Crippen molar-refractivity contribution in [1.29, 1.82) is 0 Å². The van der Waals surface area contributed by atoms with Crippen LogP contribution in [0.2, 0.25) is 0 Å². The Labute approximate surface area is 238 Å². The summed E-state index contributed by atoms with van der Waals surface area (Å²) in [6, 6.07) is 9.93. The van der Waals surface area contributed by atoms with Crippen molar-refractivity contribution in [3.63, 3.8) is 0 Å². The van der Waals surface area contributed by atoms with E-state index in [1.54, 1.807) is 13.8 Å². The number of ether oxygens (including phenoxy) is 1. The van der Waals surface area contributed by atoms with Gasteiger partial charge in [0.1, 0.15) is 23.3 Å². The van der Waals surface area contributed by atoms with Gasteiger partial charge in [-0.3, -0.25) is 14.6 Å². The third-order valence-electron chi connectivity index (χ3n) is 5.67. The summed E-state index contributed by atoms with van der Waals surface area (Å²) in [6.45, 7) is 7.36. The minimum atomic E-state index is -4.58. The van der Waals surface area contributed by atoms with Crippen LogP contribution in [0, 0.1) is 5.92 Å². The van der Waals surface area contributed by atoms with Crippen LogP contribution in [0.1, 0.15) is 61.3 Å². The number of para-hydroxylation sites is 1. The van der Waals surface area contributed by atoms with E-state index < -0.39 is 35.3 Å². The van der Waals surface area contributed by atoms with Gasteiger partial charge in [0, 0.05) is 18.7 Å². The van der Waals surface area contributed by atoms with E-state index in [-0.39, 0.29) is 46.6 Å². The Morgan fingerprint density at radius 2 is 1.69 bits per heavy atom. The van der Waals surface area contributed by atoms with Crippen LogP contribution in [0.4, 0.5) is 27.6 Å². The van der Waals surface area contributed by atoms with Crippen molar-refractivity contribution in [2.24, 2.45) is 5.92 Å². The summed E-state index contributed by atoms with van der Waals surface area (Å²) in [6.07, 6.45) is -5.39.